The quantitative estimate of drug-likeness (QED) is 0.353. The van der Waals surface area contributed by atoms with Gasteiger partial charge in [-0.05, 0) is 54.5 Å². The fraction of sp³-hybridized carbons (Fsp3) is 0.217. The number of methoxy groups -OCH3 is 2. The van der Waals surface area contributed by atoms with E-state index in [4.69, 9.17) is 17.0 Å². The molecule has 3 rings (SSSR count). The molecule has 1 heterocycles. The van der Waals surface area contributed by atoms with Gasteiger partial charge >= 0.3 is 5.97 Å². The van der Waals surface area contributed by atoms with Crippen molar-refractivity contribution >= 4 is 57.8 Å². The lowest BCUT2D eigenvalue weighted by molar-refractivity contribution is -0.122. The molecule has 0 unspecified atom stereocenters. The predicted octanol–water partition coefficient (Wildman–Crippen LogP) is 4.10. The minimum atomic E-state index is -0.438. The SMILES string of the molecule is COC(=O)c1ccc(NC(=O)CCCN2C(=O)/C(=C/c3ccc(OC)cc3)SC2=S)cc1. The van der Waals surface area contributed by atoms with Crippen molar-refractivity contribution in [1.29, 1.82) is 0 Å². The number of carbonyl (C=O) groups excluding carboxylic acids is 3. The normalized spacial score (nSPS) is 14.6. The summed E-state index contributed by atoms with van der Waals surface area (Å²) in [6.07, 6.45) is 2.49. The molecule has 2 aromatic rings. The number of benzene rings is 2. The summed E-state index contributed by atoms with van der Waals surface area (Å²) >= 11 is 6.60. The van der Waals surface area contributed by atoms with Crippen LogP contribution in [0.4, 0.5) is 5.69 Å². The third-order valence-electron chi connectivity index (χ3n) is 4.66. The van der Waals surface area contributed by atoms with Crippen LogP contribution in [0.2, 0.25) is 0 Å². The summed E-state index contributed by atoms with van der Waals surface area (Å²) in [5, 5.41) is 2.77. The molecule has 166 valence electrons. The van der Waals surface area contributed by atoms with Crippen LogP contribution in [0.25, 0.3) is 6.08 Å². The zero-order chi connectivity index (χ0) is 23.1. The first-order valence-electron chi connectivity index (χ1n) is 9.79. The van der Waals surface area contributed by atoms with Crippen molar-refractivity contribution in [3.63, 3.8) is 0 Å². The van der Waals surface area contributed by atoms with Crippen molar-refractivity contribution in [1.82, 2.24) is 4.90 Å². The third kappa shape index (κ3) is 5.95. The van der Waals surface area contributed by atoms with Gasteiger partial charge in [0, 0.05) is 18.7 Å². The molecule has 0 aliphatic carbocycles. The van der Waals surface area contributed by atoms with Crippen LogP contribution in [0, 0.1) is 0 Å². The van der Waals surface area contributed by atoms with Gasteiger partial charge in [-0.1, -0.05) is 36.1 Å². The van der Waals surface area contributed by atoms with E-state index in [1.54, 1.807) is 37.5 Å². The topological polar surface area (TPSA) is 84.9 Å². The standard InChI is InChI=1S/C23H22N2O5S2/c1-29-18-11-5-15(6-12-18)14-19-21(27)25(23(31)32-19)13-3-4-20(26)24-17-9-7-16(8-10-17)22(28)30-2/h5-12,14H,3-4,13H2,1-2H3,(H,24,26)/b19-14-. The van der Waals surface area contributed by atoms with Gasteiger partial charge in [-0.25, -0.2) is 4.79 Å². The number of nitrogens with zero attached hydrogens (tertiary/aromatic N) is 1. The first-order chi connectivity index (χ1) is 15.4. The summed E-state index contributed by atoms with van der Waals surface area (Å²) in [6, 6.07) is 13.8. The maximum atomic E-state index is 12.7. The summed E-state index contributed by atoms with van der Waals surface area (Å²) in [5.41, 5.74) is 1.86. The summed E-state index contributed by atoms with van der Waals surface area (Å²) in [6.45, 7) is 0.360. The van der Waals surface area contributed by atoms with E-state index < -0.39 is 5.97 Å². The lowest BCUT2D eigenvalue weighted by Crippen LogP contribution is -2.29. The van der Waals surface area contributed by atoms with Gasteiger partial charge in [0.05, 0.1) is 24.7 Å². The van der Waals surface area contributed by atoms with Gasteiger partial charge in [0.1, 0.15) is 10.1 Å². The number of thioether (sulfide) groups is 1. The molecule has 0 spiro atoms. The van der Waals surface area contributed by atoms with Crippen LogP contribution in [0.15, 0.2) is 53.4 Å². The molecule has 32 heavy (non-hydrogen) atoms. The number of anilines is 1. The molecule has 0 aromatic heterocycles. The smallest absolute Gasteiger partial charge is 0.337 e. The van der Waals surface area contributed by atoms with E-state index in [2.05, 4.69) is 10.1 Å². The Kier molecular flexibility index (Phi) is 8.02. The fourth-order valence-corrected chi connectivity index (χ4v) is 4.28. The van der Waals surface area contributed by atoms with Crippen molar-refractivity contribution in [2.24, 2.45) is 0 Å². The van der Waals surface area contributed by atoms with Crippen LogP contribution < -0.4 is 10.1 Å². The highest BCUT2D eigenvalue weighted by molar-refractivity contribution is 8.26. The minimum Gasteiger partial charge on any atom is -0.497 e. The highest BCUT2D eigenvalue weighted by Gasteiger charge is 2.31. The van der Waals surface area contributed by atoms with E-state index in [1.807, 2.05) is 24.3 Å². The molecule has 1 aliphatic heterocycles. The highest BCUT2D eigenvalue weighted by atomic mass is 32.2. The minimum absolute atomic E-state index is 0.158. The average molecular weight is 471 g/mol. The Morgan fingerprint density at radius 3 is 2.41 bits per heavy atom. The second kappa shape index (κ2) is 10.9. The molecule has 0 saturated carbocycles. The number of nitrogens with one attached hydrogen (secondary N) is 1. The molecule has 0 bridgehead atoms. The lowest BCUT2D eigenvalue weighted by Gasteiger charge is -2.14. The molecular weight excluding hydrogens is 448 g/mol. The Bertz CT molecular complexity index is 1050. The second-order valence-electron chi connectivity index (χ2n) is 6.83. The van der Waals surface area contributed by atoms with Crippen LogP contribution in [-0.2, 0) is 14.3 Å². The summed E-state index contributed by atoms with van der Waals surface area (Å²) in [4.78, 5) is 38.5. The first kappa shape index (κ1) is 23.5. The third-order valence-corrected chi connectivity index (χ3v) is 6.04. The maximum absolute atomic E-state index is 12.7. The van der Waals surface area contributed by atoms with Gasteiger partial charge in [0.25, 0.3) is 5.91 Å². The summed E-state index contributed by atoms with van der Waals surface area (Å²) in [7, 11) is 2.91. The van der Waals surface area contributed by atoms with Gasteiger partial charge in [-0.2, -0.15) is 0 Å². The number of hydrogen-bond donors (Lipinski definition) is 1. The summed E-state index contributed by atoms with van der Waals surface area (Å²) < 4.78 is 10.3. The maximum Gasteiger partial charge on any atom is 0.337 e. The van der Waals surface area contributed by atoms with Crippen LogP contribution in [0.5, 0.6) is 5.75 Å². The first-order valence-corrected chi connectivity index (χ1v) is 11.0. The van der Waals surface area contributed by atoms with Crippen molar-refractivity contribution < 1.29 is 23.9 Å². The number of amides is 2. The van der Waals surface area contributed by atoms with Crippen molar-refractivity contribution in [3.05, 3.63) is 64.6 Å². The van der Waals surface area contributed by atoms with Gasteiger partial charge in [0.15, 0.2) is 0 Å². The Labute approximate surface area is 195 Å². The Morgan fingerprint density at radius 2 is 1.78 bits per heavy atom. The number of esters is 1. The number of thiocarbonyl (C=S) groups is 1. The zero-order valence-electron chi connectivity index (χ0n) is 17.6. The van der Waals surface area contributed by atoms with E-state index in [-0.39, 0.29) is 18.2 Å². The molecule has 0 atom stereocenters. The van der Waals surface area contributed by atoms with E-state index in [9.17, 15) is 14.4 Å². The average Bonchev–Trinajstić information content (AvgIpc) is 3.06. The van der Waals surface area contributed by atoms with Crippen LogP contribution >= 0.6 is 24.0 Å². The summed E-state index contributed by atoms with van der Waals surface area (Å²) in [5.74, 6) is -0.0375. The lowest BCUT2D eigenvalue weighted by atomic mass is 10.2. The van der Waals surface area contributed by atoms with Gasteiger partial charge in [0.2, 0.25) is 5.91 Å². The van der Waals surface area contributed by atoms with E-state index >= 15 is 0 Å². The monoisotopic (exact) mass is 470 g/mol. The molecule has 0 radical (unpaired) electrons. The van der Waals surface area contributed by atoms with Crippen molar-refractivity contribution in [3.8, 4) is 5.75 Å². The molecular formula is C23H22N2O5S2. The van der Waals surface area contributed by atoms with E-state index in [1.165, 1.54) is 23.8 Å². The van der Waals surface area contributed by atoms with Crippen molar-refractivity contribution in [2.45, 2.75) is 12.8 Å². The van der Waals surface area contributed by atoms with Crippen LogP contribution in [-0.4, -0.2) is 47.8 Å². The number of ether oxygens (including phenoxy) is 2. The molecule has 9 heteroatoms. The number of hydrogen-bond acceptors (Lipinski definition) is 7. The molecule has 2 aromatic carbocycles. The molecule has 1 saturated heterocycles. The molecule has 1 fully saturated rings. The predicted molar refractivity (Wildman–Crippen MR) is 129 cm³/mol. The van der Waals surface area contributed by atoms with Crippen LogP contribution in [0.3, 0.4) is 0 Å². The Balaban J connectivity index is 1.50. The molecule has 1 aliphatic rings. The Morgan fingerprint density at radius 1 is 1.09 bits per heavy atom. The number of rotatable bonds is 8. The van der Waals surface area contributed by atoms with Gasteiger partial charge < -0.3 is 14.8 Å². The molecule has 1 N–H and O–H groups in total. The van der Waals surface area contributed by atoms with Gasteiger partial charge in [-0.15, -0.1) is 0 Å². The number of carbonyl (C=O) groups is 3. The molecule has 2 amide bonds. The second-order valence-corrected chi connectivity index (χ2v) is 8.50. The fourth-order valence-electron chi connectivity index (χ4n) is 2.97. The largest absolute Gasteiger partial charge is 0.497 e. The zero-order valence-corrected chi connectivity index (χ0v) is 19.3. The van der Waals surface area contributed by atoms with E-state index in [0.29, 0.717) is 33.4 Å². The van der Waals surface area contributed by atoms with Crippen molar-refractivity contribution in [2.75, 3.05) is 26.1 Å². The highest BCUT2D eigenvalue weighted by Crippen LogP contribution is 2.33. The molecule has 7 nitrogen and oxygen atoms in total. The Hall–Kier alpha value is -3.17. The van der Waals surface area contributed by atoms with Crippen LogP contribution in [0.1, 0.15) is 28.8 Å². The van der Waals surface area contributed by atoms with E-state index in [0.717, 1.165) is 11.3 Å². The van der Waals surface area contributed by atoms with Gasteiger partial charge in [-0.3, -0.25) is 14.5 Å².